The summed E-state index contributed by atoms with van der Waals surface area (Å²) in [6, 6.07) is 12.2. The van der Waals surface area contributed by atoms with Gasteiger partial charge in [0.2, 0.25) is 0 Å². The first-order valence-electron chi connectivity index (χ1n) is 12.5. The highest BCUT2D eigenvalue weighted by molar-refractivity contribution is 7.21. The van der Waals surface area contributed by atoms with Crippen molar-refractivity contribution in [2.75, 3.05) is 12.4 Å². The average molecular weight is 520 g/mol. The molecule has 1 aliphatic rings. The standard InChI is InChI=1S/C28H33N5O3S/c1-16-11-22-20(12-21(16)35-6)23(24(37-22)25(34)29-26-30-32-33-31-26)36-19-9-7-17(8-10-19)18-13-27(2,3)15-28(4,5)14-18/h7-12,18H,13-15H2,1-6H3,(H2,29,30,31,32,33,34). The summed E-state index contributed by atoms with van der Waals surface area (Å²) in [6.45, 7) is 11.5. The first-order chi connectivity index (χ1) is 17.5. The largest absolute Gasteiger partial charge is 0.496 e. The van der Waals surface area contributed by atoms with Gasteiger partial charge in [-0.2, -0.15) is 5.21 Å². The van der Waals surface area contributed by atoms with Crippen LogP contribution in [0.3, 0.4) is 0 Å². The first kappa shape index (κ1) is 25.2. The fourth-order valence-corrected chi connectivity index (χ4v) is 7.16. The maximum atomic E-state index is 13.2. The van der Waals surface area contributed by atoms with Crippen molar-refractivity contribution in [1.82, 2.24) is 20.6 Å². The van der Waals surface area contributed by atoms with E-state index < -0.39 is 0 Å². The maximum Gasteiger partial charge on any atom is 0.272 e. The van der Waals surface area contributed by atoms with Gasteiger partial charge in [-0.15, -0.1) is 16.4 Å². The molecule has 2 aromatic carbocycles. The Hall–Kier alpha value is -3.46. The Balaban J connectivity index is 1.47. The van der Waals surface area contributed by atoms with E-state index in [0.29, 0.717) is 33.1 Å². The average Bonchev–Trinajstić information content (AvgIpc) is 3.45. The van der Waals surface area contributed by atoms with Gasteiger partial charge < -0.3 is 9.47 Å². The van der Waals surface area contributed by atoms with Crippen LogP contribution in [-0.2, 0) is 0 Å². The van der Waals surface area contributed by atoms with E-state index in [1.165, 1.54) is 36.2 Å². The molecule has 0 saturated heterocycles. The number of fused-ring (bicyclic) bond motifs is 1. The van der Waals surface area contributed by atoms with Gasteiger partial charge in [-0.1, -0.05) is 44.9 Å². The number of nitrogens with zero attached hydrogens (tertiary/aromatic N) is 3. The second-order valence-corrected chi connectivity index (χ2v) is 12.6. The number of carbonyl (C=O) groups excluding carboxylic acids is 1. The minimum atomic E-state index is -0.363. The van der Waals surface area contributed by atoms with Crippen LogP contribution in [0.1, 0.15) is 73.7 Å². The predicted molar refractivity (Wildman–Crippen MR) is 146 cm³/mol. The number of methoxy groups -OCH3 is 1. The fraction of sp³-hybridized carbons (Fsp3) is 0.429. The number of amides is 1. The summed E-state index contributed by atoms with van der Waals surface area (Å²) in [7, 11) is 1.64. The highest BCUT2D eigenvalue weighted by Crippen LogP contribution is 2.52. The van der Waals surface area contributed by atoms with Gasteiger partial charge in [-0.05, 0) is 83.5 Å². The van der Waals surface area contributed by atoms with E-state index in [4.69, 9.17) is 9.47 Å². The number of benzene rings is 2. The van der Waals surface area contributed by atoms with Crippen molar-refractivity contribution in [3.8, 4) is 17.2 Å². The van der Waals surface area contributed by atoms with E-state index in [2.05, 4.69) is 65.8 Å². The molecular formula is C28H33N5O3S. The first-order valence-corrected chi connectivity index (χ1v) is 13.3. The van der Waals surface area contributed by atoms with Gasteiger partial charge >= 0.3 is 0 Å². The molecule has 0 radical (unpaired) electrons. The smallest absolute Gasteiger partial charge is 0.272 e. The molecule has 0 atom stereocenters. The summed E-state index contributed by atoms with van der Waals surface area (Å²) in [4.78, 5) is 13.6. The molecule has 9 heteroatoms. The van der Waals surface area contributed by atoms with Crippen LogP contribution < -0.4 is 14.8 Å². The number of ether oxygens (including phenoxy) is 2. The molecule has 8 nitrogen and oxygen atoms in total. The Morgan fingerprint density at radius 3 is 2.43 bits per heavy atom. The van der Waals surface area contributed by atoms with Crippen molar-refractivity contribution in [3.63, 3.8) is 0 Å². The predicted octanol–water partition coefficient (Wildman–Crippen LogP) is 7.10. The lowest BCUT2D eigenvalue weighted by Gasteiger charge is -2.45. The number of aromatic nitrogens is 4. The van der Waals surface area contributed by atoms with E-state index in [1.807, 2.05) is 31.2 Å². The van der Waals surface area contributed by atoms with E-state index in [1.54, 1.807) is 7.11 Å². The van der Waals surface area contributed by atoms with Crippen molar-refractivity contribution in [2.24, 2.45) is 10.8 Å². The van der Waals surface area contributed by atoms with Crippen molar-refractivity contribution < 1.29 is 14.3 Å². The zero-order valence-corrected chi connectivity index (χ0v) is 23.0. The number of thiophene rings is 1. The number of hydrogen-bond acceptors (Lipinski definition) is 7. The number of hydrogen-bond donors (Lipinski definition) is 2. The van der Waals surface area contributed by atoms with Gasteiger partial charge in [-0.25, -0.2) is 0 Å². The molecule has 1 aliphatic carbocycles. The molecule has 194 valence electrons. The molecule has 2 aromatic heterocycles. The van der Waals surface area contributed by atoms with Crippen LogP contribution in [0, 0.1) is 17.8 Å². The number of carbonyl (C=O) groups is 1. The minimum absolute atomic E-state index is 0.102. The summed E-state index contributed by atoms with van der Waals surface area (Å²) in [6.07, 6.45) is 3.58. The number of rotatable bonds is 6. The molecule has 0 unspecified atom stereocenters. The number of aromatic amines is 1. The Kier molecular flexibility index (Phi) is 6.43. The Bertz CT molecular complexity index is 1410. The third-order valence-electron chi connectivity index (χ3n) is 7.06. The quantitative estimate of drug-likeness (QED) is 0.282. The molecule has 0 spiro atoms. The molecule has 5 rings (SSSR count). The Morgan fingerprint density at radius 2 is 1.81 bits per heavy atom. The molecule has 4 aromatic rings. The molecule has 1 amide bonds. The van der Waals surface area contributed by atoms with Crippen LogP contribution >= 0.6 is 11.3 Å². The normalized spacial score (nSPS) is 17.0. The second-order valence-electron chi connectivity index (χ2n) is 11.5. The van der Waals surface area contributed by atoms with Crippen molar-refractivity contribution in [2.45, 2.75) is 59.8 Å². The SMILES string of the molecule is COc1cc2c(Oc3ccc(C4CC(C)(C)CC(C)(C)C4)cc3)c(C(=O)Nc3nn[nH]n3)sc2cc1C. The third-order valence-corrected chi connectivity index (χ3v) is 8.20. The topological polar surface area (TPSA) is 102 Å². The zero-order valence-electron chi connectivity index (χ0n) is 22.1. The van der Waals surface area contributed by atoms with Crippen LogP contribution in [0.15, 0.2) is 36.4 Å². The van der Waals surface area contributed by atoms with Gasteiger partial charge in [0.05, 0.1) is 7.11 Å². The molecule has 1 fully saturated rings. The van der Waals surface area contributed by atoms with Gasteiger partial charge in [0.25, 0.3) is 11.9 Å². The van der Waals surface area contributed by atoms with Gasteiger partial charge in [0.1, 0.15) is 16.4 Å². The molecule has 37 heavy (non-hydrogen) atoms. The highest BCUT2D eigenvalue weighted by Gasteiger charge is 2.38. The van der Waals surface area contributed by atoms with Gasteiger partial charge in [-0.3, -0.25) is 10.1 Å². The molecule has 2 heterocycles. The van der Waals surface area contributed by atoms with Gasteiger partial charge in [0, 0.05) is 10.1 Å². The Labute approximate surface area is 220 Å². The van der Waals surface area contributed by atoms with Crippen LogP contribution in [0.5, 0.6) is 17.2 Å². The summed E-state index contributed by atoms with van der Waals surface area (Å²) >= 11 is 1.35. The molecule has 0 bridgehead atoms. The van der Waals surface area contributed by atoms with Crippen LogP contribution in [0.2, 0.25) is 0 Å². The number of H-pyrrole nitrogens is 1. The van der Waals surface area contributed by atoms with E-state index >= 15 is 0 Å². The molecule has 2 N–H and O–H groups in total. The number of anilines is 1. The zero-order chi connectivity index (χ0) is 26.4. The van der Waals surface area contributed by atoms with Crippen LogP contribution in [0.25, 0.3) is 10.1 Å². The number of nitrogens with one attached hydrogen (secondary N) is 2. The van der Waals surface area contributed by atoms with Crippen LogP contribution in [-0.4, -0.2) is 33.6 Å². The molecule has 0 aliphatic heterocycles. The Morgan fingerprint density at radius 1 is 1.11 bits per heavy atom. The summed E-state index contributed by atoms with van der Waals surface area (Å²) < 4.78 is 12.9. The fourth-order valence-electron chi connectivity index (χ4n) is 6.05. The van der Waals surface area contributed by atoms with Crippen molar-refractivity contribution in [1.29, 1.82) is 0 Å². The molecular weight excluding hydrogens is 486 g/mol. The van der Waals surface area contributed by atoms with Crippen molar-refractivity contribution in [3.05, 3.63) is 52.4 Å². The third kappa shape index (κ3) is 5.32. The van der Waals surface area contributed by atoms with E-state index in [0.717, 1.165) is 21.4 Å². The molecule has 1 saturated carbocycles. The monoisotopic (exact) mass is 519 g/mol. The lowest BCUT2D eigenvalue weighted by Crippen LogP contribution is -2.32. The van der Waals surface area contributed by atoms with Crippen LogP contribution in [0.4, 0.5) is 5.95 Å². The highest BCUT2D eigenvalue weighted by atomic mass is 32.1. The summed E-state index contributed by atoms with van der Waals surface area (Å²) in [5.74, 6) is 2.14. The maximum absolute atomic E-state index is 13.2. The minimum Gasteiger partial charge on any atom is -0.496 e. The second kappa shape index (κ2) is 9.45. The lowest BCUT2D eigenvalue weighted by atomic mass is 9.60. The summed E-state index contributed by atoms with van der Waals surface area (Å²) in [5, 5.41) is 17.0. The van der Waals surface area contributed by atoms with Crippen molar-refractivity contribution >= 4 is 33.3 Å². The lowest BCUT2D eigenvalue weighted by molar-refractivity contribution is 0.0968. The van der Waals surface area contributed by atoms with E-state index in [-0.39, 0.29) is 11.9 Å². The van der Waals surface area contributed by atoms with E-state index in [9.17, 15) is 4.79 Å². The van der Waals surface area contributed by atoms with Gasteiger partial charge in [0.15, 0.2) is 5.75 Å². The number of aryl methyl sites for hydroxylation is 1. The number of tetrazole rings is 1. The summed E-state index contributed by atoms with van der Waals surface area (Å²) in [5.41, 5.74) is 2.94.